The standard InChI is InChI=1S/C24H36N2O4/c1-17(20(23(2,3)4)25-22(28)30-24(5,6)7)26-15-11-14-19(26)21(27)29-16-18-12-9-8-10-13-18/h8-10,12-13,19-20H,1,11,14-16H2,2-7H3,(H,25,28)/t19-,20+/m0/s1. The smallest absolute Gasteiger partial charge is 0.408 e. The molecule has 1 fully saturated rings. The normalized spacial score (nSPS) is 17.9. The molecule has 1 aromatic carbocycles. The summed E-state index contributed by atoms with van der Waals surface area (Å²) < 4.78 is 11.0. The van der Waals surface area contributed by atoms with Gasteiger partial charge in [-0.2, -0.15) is 0 Å². The number of nitrogens with zero attached hydrogens (tertiary/aromatic N) is 1. The number of esters is 1. The quantitative estimate of drug-likeness (QED) is 0.684. The molecular weight excluding hydrogens is 380 g/mol. The molecule has 1 aromatic rings. The van der Waals surface area contributed by atoms with E-state index in [0.717, 1.165) is 12.0 Å². The first-order valence-corrected chi connectivity index (χ1v) is 10.5. The van der Waals surface area contributed by atoms with Gasteiger partial charge in [-0.3, -0.25) is 0 Å². The predicted octanol–water partition coefficient (Wildman–Crippen LogP) is 4.65. The molecule has 0 unspecified atom stereocenters. The highest BCUT2D eigenvalue weighted by atomic mass is 16.6. The van der Waals surface area contributed by atoms with E-state index in [1.165, 1.54) is 0 Å². The van der Waals surface area contributed by atoms with Crippen molar-refractivity contribution in [1.82, 2.24) is 10.2 Å². The molecule has 0 radical (unpaired) electrons. The number of hydrogen-bond donors (Lipinski definition) is 1. The Morgan fingerprint density at radius 3 is 2.37 bits per heavy atom. The van der Waals surface area contributed by atoms with Crippen LogP contribution >= 0.6 is 0 Å². The average Bonchev–Trinajstić information content (AvgIpc) is 3.12. The van der Waals surface area contributed by atoms with Crippen LogP contribution in [0.4, 0.5) is 4.79 Å². The van der Waals surface area contributed by atoms with Crippen LogP contribution in [-0.4, -0.2) is 41.2 Å². The number of nitrogens with one attached hydrogen (secondary N) is 1. The van der Waals surface area contributed by atoms with Crippen molar-refractivity contribution in [1.29, 1.82) is 0 Å². The van der Waals surface area contributed by atoms with Crippen LogP contribution < -0.4 is 5.32 Å². The summed E-state index contributed by atoms with van der Waals surface area (Å²) in [6.07, 6.45) is 1.08. The third-order valence-electron chi connectivity index (χ3n) is 4.98. The molecule has 0 bridgehead atoms. The number of carbonyl (C=O) groups is 2. The zero-order valence-corrected chi connectivity index (χ0v) is 19.2. The second-order valence-corrected chi connectivity index (χ2v) is 9.88. The maximum absolute atomic E-state index is 12.8. The van der Waals surface area contributed by atoms with Crippen LogP contribution in [0.3, 0.4) is 0 Å². The second-order valence-electron chi connectivity index (χ2n) is 9.88. The summed E-state index contributed by atoms with van der Waals surface area (Å²) in [6.45, 7) is 16.8. The third-order valence-corrected chi connectivity index (χ3v) is 4.98. The van der Waals surface area contributed by atoms with E-state index < -0.39 is 17.7 Å². The van der Waals surface area contributed by atoms with Crippen molar-refractivity contribution in [2.24, 2.45) is 5.41 Å². The third kappa shape index (κ3) is 6.78. The van der Waals surface area contributed by atoms with Crippen molar-refractivity contribution in [2.75, 3.05) is 6.54 Å². The number of alkyl carbamates (subject to hydrolysis) is 1. The fourth-order valence-electron chi connectivity index (χ4n) is 3.57. The fraction of sp³-hybridized carbons (Fsp3) is 0.583. The van der Waals surface area contributed by atoms with Gasteiger partial charge in [0.1, 0.15) is 18.2 Å². The van der Waals surface area contributed by atoms with Crippen LogP contribution in [0.15, 0.2) is 42.6 Å². The Morgan fingerprint density at radius 2 is 1.80 bits per heavy atom. The van der Waals surface area contributed by atoms with Crippen molar-refractivity contribution >= 4 is 12.1 Å². The van der Waals surface area contributed by atoms with Gasteiger partial charge >= 0.3 is 12.1 Å². The minimum atomic E-state index is -0.592. The molecule has 1 aliphatic heterocycles. The molecule has 2 atom stereocenters. The lowest BCUT2D eigenvalue weighted by molar-refractivity contribution is -0.149. The van der Waals surface area contributed by atoms with E-state index in [-0.39, 0.29) is 24.0 Å². The van der Waals surface area contributed by atoms with Crippen LogP contribution in [0.1, 0.15) is 59.9 Å². The van der Waals surface area contributed by atoms with Gasteiger partial charge < -0.3 is 19.7 Å². The number of hydrogen-bond acceptors (Lipinski definition) is 5. The lowest BCUT2D eigenvalue weighted by atomic mass is 9.84. The van der Waals surface area contributed by atoms with Gasteiger partial charge in [0, 0.05) is 12.2 Å². The number of rotatable bonds is 6. The van der Waals surface area contributed by atoms with E-state index in [9.17, 15) is 9.59 Å². The molecule has 166 valence electrons. The van der Waals surface area contributed by atoms with Crippen molar-refractivity contribution in [2.45, 2.75) is 78.7 Å². The minimum absolute atomic E-state index is 0.245. The first kappa shape index (κ1) is 23.8. The molecule has 0 aromatic heterocycles. The Morgan fingerprint density at radius 1 is 1.17 bits per heavy atom. The molecule has 30 heavy (non-hydrogen) atoms. The van der Waals surface area contributed by atoms with Crippen molar-refractivity contribution in [3.05, 3.63) is 48.2 Å². The van der Waals surface area contributed by atoms with Gasteiger partial charge in [0.05, 0.1) is 6.04 Å². The lowest BCUT2D eigenvalue weighted by Gasteiger charge is -2.39. The van der Waals surface area contributed by atoms with Gasteiger partial charge in [0.25, 0.3) is 0 Å². The monoisotopic (exact) mass is 416 g/mol. The van der Waals surface area contributed by atoms with Gasteiger partial charge in [0.15, 0.2) is 0 Å². The number of carbonyl (C=O) groups excluding carboxylic acids is 2. The Bertz CT molecular complexity index is 747. The van der Waals surface area contributed by atoms with Gasteiger partial charge in [-0.15, -0.1) is 0 Å². The Labute approximate surface area is 180 Å². The van der Waals surface area contributed by atoms with Crippen LogP contribution in [0, 0.1) is 5.41 Å². The number of ether oxygens (including phenoxy) is 2. The van der Waals surface area contributed by atoms with Crippen LogP contribution in [0.5, 0.6) is 0 Å². The number of benzene rings is 1. The second kappa shape index (κ2) is 9.54. The highest BCUT2D eigenvalue weighted by Crippen LogP contribution is 2.31. The Hall–Kier alpha value is -2.50. The van der Waals surface area contributed by atoms with Crippen LogP contribution in [0.25, 0.3) is 0 Å². The molecule has 2 rings (SSSR count). The first-order valence-electron chi connectivity index (χ1n) is 10.5. The molecule has 0 aliphatic carbocycles. The van der Waals surface area contributed by atoms with E-state index in [1.54, 1.807) is 0 Å². The van der Waals surface area contributed by atoms with Gasteiger partial charge in [-0.1, -0.05) is 57.7 Å². The van der Waals surface area contributed by atoms with Gasteiger partial charge in [-0.05, 0) is 44.6 Å². The lowest BCUT2D eigenvalue weighted by Crippen LogP contribution is -2.51. The van der Waals surface area contributed by atoms with E-state index in [0.29, 0.717) is 18.7 Å². The van der Waals surface area contributed by atoms with Crippen molar-refractivity contribution in [3.63, 3.8) is 0 Å². The van der Waals surface area contributed by atoms with Crippen LogP contribution in [0.2, 0.25) is 0 Å². The summed E-state index contributed by atoms with van der Waals surface area (Å²) in [5, 5.41) is 2.95. The van der Waals surface area contributed by atoms with Crippen LogP contribution in [-0.2, 0) is 20.9 Å². The first-order chi connectivity index (χ1) is 13.9. The SMILES string of the molecule is C=C([C@@H](NC(=O)OC(C)(C)C)C(C)(C)C)N1CCC[C@H]1C(=O)OCc1ccccc1. The van der Waals surface area contributed by atoms with Gasteiger partial charge in [0.2, 0.25) is 0 Å². The maximum atomic E-state index is 12.8. The molecular formula is C24H36N2O4. The molecule has 0 saturated carbocycles. The highest BCUT2D eigenvalue weighted by molar-refractivity contribution is 5.76. The van der Waals surface area contributed by atoms with E-state index in [1.807, 2.05) is 76.8 Å². The molecule has 0 spiro atoms. The largest absolute Gasteiger partial charge is 0.459 e. The summed E-state index contributed by atoms with van der Waals surface area (Å²) in [4.78, 5) is 27.2. The predicted molar refractivity (Wildman–Crippen MR) is 118 cm³/mol. The molecule has 1 saturated heterocycles. The summed E-state index contributed by atoms with van der Waals surface area (Å²) in [7, 11) is 0. The zero-order valence-electron chi connectivity index (χ0n) is 19.2. The zero-order chi connectivity index (χ0) is 22.5. The summed E-state index contributed by atoms with van der Waals surface area (Å²) in [5.74, 6) is -0.262. The van der Waals surface area contributed by atoms with Crippen molar-refractivity contribution in [3.8, 4) is 0 Å². The van der Waals surface area contributed by atoms with E-state index >= 15 is 0 Å². The topological polar surface area (TPSA) is 67.9 Å². The number of likely N-dealkylation sites (tertiary alicyclic amines) is 1. The molecule has 1 heterocycles. The van der Waals surface area contributed by atoms with Crippen molar-refractivity contribution < 1.29 is 19.1 Å². The molecule has 1 N–H and O–H groups in total. The fourth-order valence-corrected chi connectivity index (χ4v) is 3.57. The molecule has 6 heteroatoms. The molecule has 1 aliphatic rings. The number of amides is 1. The minimum Gasteiger partial charge on any atom is -0.459 e. The van der Waals surface area contributed by atoms with Gasteiger partial charge in [-0.25, -0.2) is 9.59 Å². The van der Waals surface area contributed by atoms with E-state index in [4.69, 9.17) is 9.47 Å². The molecule has 6 nitrogen and oxygen atoms in total. The summed E-state index contributed by atoms with van der Waals surface area (Å²) in [5.41, 5.74) is 0.751. The Balaban J connectivity index is 2.08. The molecule has 1 amide bonds. The van der Waals surface area contributed by atoms with E-state index in [2.05, 4.69) is 11.9 Å². The maximum Gasteiger partial charge on any atom is 0.408 e. The summed E-state index contributed by atoms with van der Waals surface area (Å²) >= 11 is 0. The summed E-state index contributed by atoms with van der Waals surface area (Å²) in [6, 6.07) is 8.85. The Kier molecular flexibility index (Phi) is 7.56. The average molecular weight is 417 g/mol. The highest BCUT2D eigenvalue weighted by Gasteiger charge is 2.39.